The minimum atomic E-state index is -2.45. The van der Waals surface area contributed by atoms with Crippen molar-refractivity contribution in [2.75, 3.05) is 44.3 Å². The number of hydrogen-bond donors (Lipinski definition) is 0. The Hall–Kier alpha value is -1.20. The molecule has 29 heavy (non-hydrogen) atoms. The first-order valence-electron chi connectivity index (χ1n) is 11.4. The minimum absolute atomic E-state index is 0.0226. The summed E-state index contributed by atoms with van der Waals surface area (Å²) in [5.74, 6) is -1.24. The van der Waals surface area contributed by atoms with Crippen LogP contribution in [-0.4, -0.2) is 56.3 Å². The van der Waals surface area contributed by atoms with Crippen LogP contribution < -0.4 is 4.90 Å². The minimum Gasteiger partial charge on any atom is -0.381 e. The van der Waals surface area contributed by atoms with E-state index in [1.54, 1.807) is 0 Å². The Kier molecular flexibility index (Phi) is 6.17. The zero-order valence-electron chi connectivity index (χ0n) is 18.2. The second-order valence-electron chi connectivity index (χ2n) is 9.37. The van der Waals surface area contributed by atoms with Crippen molar-refractivity contribution in [2.24, 2.45) is 5.92 Å². The Morgan fingerprint density at radius 1 is 1.14 bits per heavy atom. The monoisotopic (exact) mass is 406 g/mol. The number of alkyl halides is 2. The van der Waals surface area contributed by atoms with E-state index >= 15 is 0 Å². The fourth-order valence-electron chi connectivity index (χ4n) is 5.25. The highest BCUT2D eigenvalue weighted by atomic mass is 19.3. The van der Waals surface area contributed by atoms with Gasteiger partial charge in [-0.25, -0.2) is 8.78 Å². The van der Waals surface area contributed by atoms with Gasteiger partial charge in [0.15, 0.2) is 0 Å². The van der Waals surface area contributed by atoms with Crippen molar-refractivity contribution >= 4 is 5.69 Å². The van der Waals surface area contributed by atoms with Crippen molar-refractivity contribution < 1.29 is 13.5 Å². The van der Waals surface area contributed by atoms with E-state index in [0.717, 1.165) is 39.1 Å². The zero-order valence-corrected chi connectivity index (χ0v) is 18.2. The lowest BCUT2D eigenvalue weighted by Crippen LogP contribution is -2.40. The molecule has 3 aliphatic rings. The molecule has 2 saturated heterocycles. The van der Waals surface area contributed by atoms with E-state index in [0.29, 0.717) is 31.0 Å². The Bertz CT molecular complexity index is 707. The number of hydrogen-bond acceptors (Lipinski definition) is 3. The molecule has 2 aliphatic heterocycles. The van der Waals surface area contributed by atoms with E-state index < -0.39 is 5.92 Å². The predicted molar refractivity (Wildman–Crippen MR) is 114 cm³/mol. The maximum Gasteiger partial charge on any atom is 0.250 e. The van der Waals surface area contributed by atoms with Crippen LogP contribution in [0.5, 0.6) is 0 Å². The molecule has 5 heteroatoms. The summed E-state index contributed by atoms with van der Waals surface area (Å²) < 4.78 is 32.4. The second kappa shape index (κ2) is 8.50. The number of anilines is 1. The molecule has 2 heterocycles. The lowest BCUT2D eigenvalue weighted by molar-refractivity contribution is -0.0558. The molecule has 3 fully saturated rings. The second-order valence-corrected chi connectivity index (χ2v) is 9.37. The third-order valence-corrected chi connectivity index (χ3v) is 7.38. The van der Waals surface area contributed by atoms with E-state index in [2.05, 4.69) is 42.7 Å². The number of benzene rings is 1. The van der Waals surface area contributed by atoms with E-state index in [1.165, 1.54) is 28.8 Å². The van der Waals surface area contributed by atoms with Gasteiger partial charge in [-0.3, -0.25) is 0 Å². The quantitative estimate of drug-likeness (QED) is 0.650. The Labute approximate surface area is 174 Å². The molecule has 1 aliphatic carbocycles. The van der Waals surface area contributed by atoms with E-state index in [9.17, 15) is 8.78 Å². The Morgan fingerprint density at radius 2 is 1.83 bits per heavy atom. The molecule has 0 N–H and O–H groups in total. The topological polar surface area (TPSA) is 15.7 Å². The highest BCUT2D eigenvalue weighted by Gasteiger charge is 2.42. The zero-order chi connectivity index (χ0) is 20.6. The van der Waals surface area contributed by atoms with Crippen molar-refractivity contribution in [2.45, 2.75) is 70.8 Å². The average Bonchev–Trinajstić information content (AvgIpc) is 3.47. The van der Waals surface area contributed by atoms with Gasteiger partial charge in [-0.2, -0.15) is 0 Å². The molecular weight excluding hydrogens is 370 g/mol. The van der Waals surface area contributed by atoms with Gasteiger partial charge in [0.05, 0.1) is 0 Å². The smallest absolute Gasteiger partial charge is 0.250 e. The fraction of sp³-hybridized carbons (Fsp3) is 0.750. The number of aryl methyl sites for hydroxylation is 1. The van der Waals surface area contributed by atoms with Gasteiger partial charge >= 0.3 is 0 Å². The van der Waals surface area contributed by atoms with Gasteiger partial charge in [0.25, 0.3) is 5.92 Å². The van der Waals surface area contributed by atoms with Crippen LogP contribution in [-0.2, 0) is 4.74 Å². The van der Waals surface area contributed by atoms with Gasteiger partial charge in [0.2, 0.25) is 0 Å². The van der Waals surface area contributed by atoms with Crippen molar-refractivity contribution in [1.29, 1.82) is 0 Å². The van der Waals surface area contributed by atoms with Gasteiger partial charge in [-0.15, -0.1) is 0 Å². The highest BCUT2D eigenvalue weighted by Crippen LogP contribution is 2.49. The standard InChI is InChI=1S/C24H36F2N2O/c1-4-28(21-5-11-29-12-6-21)23-15-19(13-17(2)18(23)3)22-14-20(22)16-27-9-7-24(25,26)8-10-27/h13,15,20-22H,4-12,14,16H2,1-3H3. The molecule has 3 nitrogen and oxygen atoms in total. The summed E-state index contributed by atoms with van der Waals surface area (Å²) >= 11 is 0. The normalized spacial score (nSPS) is 27.8. The summed E-state index contributed by atoms with van der Waals surface area (Å²) in [5.41, 5.74) is 5.59. The van der Waals surface area contributed by atoms with E-state index in [-0.39, 0.29) is 12.8 Å². The molecule has 0 amide bonds. The first kappa shape index (κ1) is 21.0. The maximum atomic E-state index is 13.4. The third kappa shape index (κ3) is 4.77. The number of nitrogens with zero attached hydrogens (tertiary/aromatic N) is 2. The Balaban J connectivity index is 1.45. The number of likely N-dealkylation sites (tertiary alicyclic amines) is 1. The molecule has 2 atom stereocenters. The van der Waals surface area contributed by atoms with E-state index in [4.69, 9.17) is 4.74 Å². The van der Waals surface area contributed by atoms with E-state index in [1.807, 2.05) is 0 Å². The molecule has 0 bridgehead atoms. The van der Waals surface area contributed by atoms with Gasteiger partial charge < -0.3 is 14.5 Å². The average molecular weight is 407 g/mol. The van der Waals surface area contributed by atoms with Gasteiger partial charge in [-0.1, -0.05) is 6.07 Å². The molecule has 0 radical (unpaired) electrons. The van der Waals surface area contributed by atoms with Crippen molar-refractivity contribution in [3.63, 3.8) is 0 Å². The number of piperidine rings is 1. The molecule has 4 rings (SSSR count). The maximum absolute atomic E-state index is 13.4. The molecular formula is C24H36F2N2O. The summed E-state index contributed by atoms with van der Waals surface area (Å²) in [6.45, 7) is 11.5. The third-order valence-electron chi connectivity index (χ3n) is 7.38. The SMILES string of the molecule is CCN(c1cc(C2CC2CN2CCC(F)(F)CC2)cc(C)c1C)C1CCOCC1. The highest BCUT2D eigenvalue weighted by molar-refractivity contribution is 5.60. The van der Waals surface area contributed by atoms with Crippen LogP contribution in [0.1, 0.15) is 61.6 Å². The molecule has 1 saturated carbocycles. The lowest BCUT2D eigenvalue weighted by atomic mass is 9.97. The number of rotatable bonds is 6. The summed E-state index contributed by atoms with van der Waals surface area (Å²) in [6.07, 6.45) is 3.44. The summed E-state index contributed by atoms with van der Waals surface area (Å²) in [6, 6.07) is 5.36. The first-order valence-corrected chi connectivity index (χ1v) is 11.4. The van der Waals surface area contributed by atoms with Crippen molar-refractivity contribution in [3.05, 3.63) is 28.8 Å². The van der Waals surface area contributed by atoms with Crippen molar-refractivity contribution in [1.82, 2.24) is 4.90 Å². The van der Waals surface area contributed by atoms with Gasteiger partial charge in [0, 0.05) is 64.0 Å². The molecule has 1 aromatic carbocycles. The van der Waals surface area contributed by atoms with Crippen LogP contribution in [0.25, 0.3) is 0 Å². The molecule has 2 unspecified atom stereocenters. The van der Waals surface area contributed by atoms with Gasteiger partial charge in [0.1, 0.15) is 0 Å². The molecule has 0 spiro atoms. The fourth-order valence-corrected chi connectivity index (χ4v) is 5.25. The summed E-state index contributed by atoms with van der Waals surface area (Å²) in [7, 11) is 0. The van der Waals surface area contributed by atoms with Crippen LogP contribution in [0.15, 0.2) is 12.1 Å². The van der Waals surface area contributed by atoms with Crippen LogP contribution in [0.2, 0.25) is 0 Å². The first-order chi connectivity index (χ1) is 13.9. The largest absolute Gasteiger partial charge is 0.381 e. The van der Waals surface area contributed by atoms with Crippen LogP contribution in [0, 0.1) is 19.8 Å². The summed E-state index contributed by atoms with van der Waals surface area (Å²) in [5, 5.41) is 0. The summed E-state index contributed by atoms with van der Waals surface area (Å²) in [4.78, 5) is 4.84. The predicted octanol–water partition coefficient (Wildman–Crippen LogP) is 5.14. The Morgan fingerprint density at radius 3 is 2.48 bits per heavy atom. The lowest BCUT2D eigenvalue weighted by Gasteiger charge is -2.37. The van der Waals surface area contributed by atoms with Crippen molar-refractivity contribution in [3.8, 4) is 0 Å². The van der Waals surface area contributed by atoms with Crippen LogP contribution >= 0.6 is 0 Å². The number of ether oxygens (including phenoxy) is 1. The van der Waals surface area contributed by atoms with Crippen LogP contribution in [0.4, 0.5) is 14.5 Å². The van der Waals surface area contributed by atoms with Gasteiger partial charge in [-0.05, 0) is 74.6 Å². The molecule has 1 aromatic rings. The van der Waals surface area contributed by atoms with Crippen LogP contribution in [0.3, 0.4) is 0 Å². The molecule has 162 valence electrons. The number of halogens is 2. The molecule has 0 aromatic heterocycles.